The number of rotatable bonds is 8. The summed E-state index contributed by atoms with van der Waals surface area (Å²) in [5.41, 5.74) is 11.9. The van der Waals surface area contributed by atoms with Gasteiger partial charge in [0.2, 0.25) is 0 Å². The van der Waals surface area contributed by atoms with E-state index in [4.69, 9.17) is 24.9 Å². The van der Waals surface area contributed by atoms with Crippen molar-refractivity contribution in [2.75, 3.05) is 25.6 Å². The number of aromatic nitrogens is 3. The van der Waals surface area contributed by atoms with Gasteiger partial charge in [-0.15, -0.1) is 0 Å². The minimum Gasteiger partial charge on any atom is -0.489 e. The Hall–Kier alpha value is -4.43. The van der Waals surface area contributed by atoms with Crippen LogP contribution >= 0.6 is 0 Å². The molecule has 5 aromatic rings. The van der Waals surface area contributed by atoms with Crippen molar-refractivity contribution in [2.24, 2.45) is 0 Å². The first-order chi connectivity index (χ1) is 19.5. The van der Waals surface area contributed by atoms with Gasteiger partial charge in [0.15, 0.2) is 0 Å². The molecule has 0 radical (unpaired) electrons. The van der Waals surface area contributed by atoms with Crippen molar-refractivity contribution < 1.29 is 19.0 Å². The van der Waals surface area contributed by atoms with E-state index in [1.807, 2.05) is 56.4 Å². The van der Waals surface area contributed by atoms with E-state index in [1.165, 1.54) is 0 Å². The minimum atomic E-state index is -0.265. The quantitative estimate of drug-likeness (QED) is 0.251. The molecule has 2 N–H and O–H groups in total. The highest BCUT2D eigenvalue weighted by molar-refractivity contribution is 6.02. The number of carbonyl (C=O) groups is 1. The number of nitrogens with zero attached hydrogens (tertiary/aromatic N) is 3. The molecule has 0 aliphatic carbocycles. The van der Waals surface area contributed by atoms with Gasteiger partial charge in [0.1, 0.15) is 23.8 Å². The third-order valence-corrected chi connectivity index (χ3v) is 7.58. The molecule has 1 fully saturated rings. The molecule has 8 heteroatoms. The number of nitrogens with two attached hydrogens (primary N) is 1. The van der Waals surface area contributed by atoms with Gasteiger partial charge in [0.25, 0.3) is 0 Å². The van der Waals surface area contributed by atoms with Crippen LogP contribution in [0.5, 0.6) is 5.75 Å². The Morgan fingerprint density at radius 2 is 2.00 bits per heavy atom. The number of nitrogen functional groups attached to an aromatic ring is 1. The molecule has 204 valence electrons. The molecular formula is C32H32N4O4. The summed E-state index contributed by atoms with van der Waals surface area (Å²) in [6, 6.07) is 16.3. The number of fused-ring (bicyclic) bond motifs is 2. The van der Waals surface area contributed by atoms with Crippen molar-refractivity contribution in [2.45, 2.75) is 39.3 Å². The summed E-state index contributed by atoms with van der Waals surface area (Å²) >= 11 is 0. The van der Waals surface area contributed by atoms with Crippen LogP contribution in [0, 0.1) is 6.92 Å². The molecule has 0 spiro atoms. The number of ether oxygens (including phenoxy) is 3. The molecule has 40 heavy (non-hydrogen) atoms. The van der Waals surface area contributed by atoms with Crippen molar-refractivity contribution in [1.82, 2.24) is 14.5 Å². The van der Waals surface area contributed by atoms with Gasteiger partial charge in [0.05, 0.1) is 25.7 Å². The number of aryl methyl sites for hydroxylation is 1. The van der Waals surface area contributed by atoms with Gasteiger partial charge in [-0.3, -0.25) is 4.79 Å². The minimum absolute atomic E-state index is 0.168. The van der Waals surface area contributed by atoms with Gasteiger partial charge < -0.3 is 24.5 Å². The van der Waals surface area contributed by atoms with Crippen LogP contribution < -0.4 is 10.5 Å². The molecule has 2 aromatic carbocycles. The van der Waals surface area contributed by atoms with Crippen LogP contribution in [0.3, 0.4) is 0 Å². The lowest BCUT2D eigenvalue weighted by Crippen LogP contribution is -2.10. The van der Waals surface area contributed by atoms with E-state index >= 15 is 0 Å². The monoisotopic (exact) mass is 536 g/mol. The van der Waals surface area contributed by atoms with Crippen molar-refractivity contribution in [3.8, 4) is 16.9 Å². The Morgan fingerprint density at radius 3 is 2.83 bits per heavy atom. The van der Waals surface area contributed by atoms with Gasteiger partial charge in [-0.1, -0.05) is 30.3 Å². The summed E-state index contributed by atoms with van der Waals surface area (Å²) in [5, 5.41) is 2.96. The Labute approximate surface area is 232 Å². The zero-order valence-corrected chi connectivity index (χ0v) is 22.7. The third kappa shape index (κ3) is 4.86. The van der Waals surface area contributed by atoms with E-state index in [2.05, 4.69) is 27.9 Å². The first-order valence-electron chi connectivity index (χ1n) is 13.6. The average molecular weight is 537 g/mol. The molecule has 0 bridgehead atoms. The Balaban J connectivity index is 1.40. The van der Waals surface area contributed by atoms with E-state index in [1.54, 1.807) is 6.20 Å². The predicted molar refractivity (Wildman–Crippen MR) is 155 cm³/mol. The van der Waals surface area contributed by atoms with Gasteiger partial charge >= 0.3 is 5.97 Å². The number of pyridine rings is 2. The molecule has 1 aliphatic heterocycles. The fourth-order valence-corrected chi connectivity index (χ4v) is 5.51. The highest BCUT2D eigenvalue weighted by atomic mass is 16.5. The second-order valence-electron chi connectivity index (χ2n) is 10.1. The average Bonchev–Trinajstić information content (AvgIpc) is 3.61. The topological polar surface area (TPSA) is 101 Å². The summed E-state index contributed by atoms with van der Waals surface area (Å²) < 4.78 is 19.5. The summed E-state index contributed by atoms with van der Waals surface area (Å²) in [6.45, 7) is 5.86. The van der Waals surface area contributed by atoms with Crippen LogP contribution in [-0.4, -0.2) is 40.3 Å². The van der Waals surface area contributed by atoms with Crippen molar-refractivity contribution in [3.05, 3.63) is 83.8 Å². The lowest BCUT2D eigenvalue weighted by Gasteiger charge is -2.13. The first-order valence-corrected chi connectivity index (χ1v) is 13.6. The molecule has 0 saturated carbocycles. The van der Waals surface area contributed by atoms with Crippen molar-refractivity contribution >= 4 is 33.6 Å². The lowest BCUT2D eigenvalue weighted by atomic mass is 9.99. The van der Waals surface area contributed by atoms with E-state index in [0.717, 1.165) is 62.7 Å². The van der Waals surface area contributed by atoms with E-state index in [9.17, 15) is 4.79 Å². The van der Waals surface area contributed by atoms with Crippen LogP contribution in [0.1, 0.15) is 36.1 Å². The van der Waals surface area contributed by atoms with Crippen LogP contribution in [-0.2, 0) is 27.3 Å². The van der Waals surface area contributed by atoms with Crippen LogP contribution in [0.15, 0.2) is 67.1 Å². The third-order valence-electron chi connectivity index (χ3n) is 7.58. The molecule has 1 aliphatic rings. The van der Waals surface area contributed by atoms with Gasteiger partial charge in [0, 0.05) is 52.7 Å². The number of hydrogen-bond donors (Lipinski definition) is 1. The normalized spacial score (nSPS) is 15.1. The largest absolute Gasteiger partial charge is 0.489 e. The molecule has 0 amide bonds. The second-order valence-corrected chi connectivity index (χ2v) is 10.1. The molecular weight excluding hydrogens is 504 g/mol. The lowest BCUT2D eigenvalue weighted by molar-refractivity contribution is -0.142. The molecule has 8 nitrogen and oxygen atoms in total. The van der Waals surface area contributed by atoms with Gasteiger partial charge in [-0.05, 0) is 55.0 Å². The fourth-order valence-electron chi connectivity index (χ4n) is 5.51. The van der Waals surface area contributed by atoms with Gasteiger partial charge in [-0.25, -0.2) is 9.97 Å². The standard InChI is InChI=1S/C32H32N4O4/c1-3-39-30(37)15-27-20(2)6-4-9-29(27)40-18-22-17-36(23-11-13-38-19-23)32-28(22)14-21(16-35-32)24-7-5-8-26-25(24)10-12-34-31(26)33/h4-10,12,14,16-17,23H,3,11,13,15,18-19H2,1-2H3,(H2,33,34). The molecule has 3 aromatic heterocycles. The summed E-state index contributed by atoms with van der Waals surface area (Å²) in [4.78, 5) is 21.5. The maximum absolute atomic E-state index is 12.3. The second kappa shape index (κ2) is 11.0. The molecule has 4 heterocycles. The zero-order chi connectivity index (χ0) is 27.6. The highest BCUT2D eigenvalue weighted by Gasteiger charge is 2.23. The maximum atomic E-state index is 12.3. The number of anilines is 1. The zero-order valence-electron chi connectivity index (χ0n) is 22.7. The Bertz CT molecular complexity index is 1700. The van der Waals surface area contributed by atoms with Gasteiger partial charge in [-0.2, -0.15) is 0 Å². The number of benzene rings is 2. The predicted octanol–water partition coefficient (Wildman–Crippen LogP) is 5.79. The van der Waals surface area contributed by atoms with E-state index in [-0.39, 0.29) is 18.4 Å². The SMILES string of the molecule is CCOC(=O)Cc1c(C)cccc1OCc1cn(C2CCOC2)c2ncc(-c3cccc4c(N)nccc34)cc12. The fraction of sp³-hybridized carbons (Fsp3) is 0.281. The summed E-state index contributed by atoms with van der Waals surface area (Å²) in [5.74, 6) is 0.921. The van der Waals surface area contributed by atoms with Crippen LogP contribution in [0.4, 0.5) is 5.82 Å². The summed E-state index contributed by atoms with van der Waals surface area (Å²) in [7, 11) is 0. The molecule has 1 saturated heterocycles. The Morgan fingerprint density at radius 1 is 1.12 bits per heavy atom. The Kier molecular flexibility index (Phi) is 7.09. The van der Waals surface area contributed by atoms with Crippen molar-refractivity contribution in [3.63, 3.8) is 0 Å². The molecule has 1 atom stereocenters. The van der Waals surface area contributed by atoms with E-state index in [0.29, 0.717) is 31.4 Å². The maximum Gasteiger partial charge on any atom is 0.310 e. The van der Waals surface area contributed by atoms with Crippen molar-refractivity contribution in [1.29, 1.82) is 0 Å². The van der Waals surface area contributed by atoms with E-state index < -0.39 is 0 Å². The molecule has 1 unspecified atom stereocenters. The highest BCUT2D eigenvalue weighted by Crippen LogP contribution is 2.35. The first kappa shape index (κ1) is 25.8. The molecule has 6 rings (SSSR count). The summed E-state index contributed by atoms with van der Waals surface area (Å²) in [6.07, 6.45) is 6.89. The van der Waals surface area contributed by atoms with Crippen LogP contribution in [0.25, 0.3) is 32.9 Å². The number of carbonyl (C=O) groups excluding carboxylic acids is 1. The number of esters is 1. The smallest absolute Gasteiger partial charge is 0.310 e. The van der Waals surface area contributed by atoms with Crippen LogP contribution in [0.2, 0.25) is 0 Å². The number of hydrogen-bond acceptors (Lipinski definition) is 7.